The summed E-state index contributed by atoms with van der Waals surface area (Å²) in [6, 6.07) is 5.39. The van der Waals surface area contributed by atoms with Gasteiger partial charge in [0, 0.05) is 19.1 Å². The molecule has 4 heteroatoms. The first kappa shape index (κ1) is 11.4. The van der Waals surface area contributed by atoms with Crippen LogP contribution in [0, 0.1) is 5.82 Å². The summed E-state index contributed by atoms with van der Waals surface area (Å²) >= 11 is 0. The largest absolute Gasteiger partial charge is 0.396 e. The summed E-state index contributed by atoms with van der Waals surface area (Å²) in [6.07, 6.45) is 0. The average Bonchev–Trinajstić information content (AvgIpc) is 2.27. The molecule has 3 nitrogen and oxygen atoms in total. The van der Waals surface area contributed by atoms with E-state index in [-0.39, 0.29) is 11.5 Å². The molecule has 1 unspecified atom stereocenters. The number of hydrogen-bond acceptors (Lipinski definition) is 3. The monoisotopic (exact) mass is 224 g/mol. The van der Waals surface area contributed by atoms with Gasteiger partial charge in [-0.2, -0.15) is 0 Å². The van der Waals surface area contributed by atoms with Crippen LogP contribution >= 0.6 is 0 Å². The molecule has 16 heavy (non-hydrogen) atoms. The van der Waals surface area contributed by atoms with Gasteiger partial charge in [0.15, 0.2) is 0 Å². The summed E-state index contributed by atoms with van der Waals surface area (Å²) in [5.74, 6) is -0.335. The van der Waals surface area contributed by atoms with Crippen LogP contribution in [0.2, 0.25) is 0 Å². The molecule has 1 aromatic carbocycles. The Morgan fingerprint density at radius 3 is 3.06 bits per heavy atom. The number of ether oxygens (including phenoxy) is 1. The highest BCUT2D eigenvalue weighted by molar-refractivity contribution is 5.41. The van der Waals surface area contributed by atoms with E-state index in [4.69, 9.17) is 10.5 Å². The topological polar surface area (TPSA) is 38.5 Å². The van der Waals surface area contributed by atoms with E-state index in [1.807, 2.05) is 6.07 Å². The fourth-order valence-electron chi connectivity index (χ4n) is 1.90. The van der Waals surface area contributed by atoms with E-state index < -0.39 is 0 Å². The Kier molecular flexibility index (Phi) is 3.41. The zero-order valence-corrected chi connectivity index (χ0v) is 9.45. The maximum atomic E-state index is 13.3. The Balaban J connectivity index is 2.05. The molecule has 0 aromatic heterocycles. The van der Waals surface area contributed by atoms with E-state index in [1.165, 1.54) is 6.07 Å². The fraction of sp³-hybridized carbons (Fsp3) is 0.500. The molecule has 2 rings (SSSR count). The molecule has 0 bridgehead atoms. The number of halogens is 1. The second kappa shape index (κ2) is 4.80. The van der Waals surface area contributed by atoms with Crippen molar-refractivity contribution in [3.05, 3.63) is 29.6 Å². The van der Waals surface area contributed by atoms with Crippen LogP contribution in [-0.2, 0) is 11.3 Å². The van der Waals surface area contributed by atoms with Gasteiger partial charge in [-0.1, -0.05) is 6.07 Å². The summed E-state index contributed by atoms with van der Waals surface area (Å²) in [4.78, 5) is 2.29. The molecule has 0 amide bonds. The highest BCUT2D eigenvalue weighted by Crippen LogP contribution is 2.16. The van der Waals surface area contributed by atoms with Crippen molar-refractivity contribution in [2.24, 2.45) is 0 Å². The molecule has 0 saturated carbocycles. The van der Waals surface area contributed by atoms with Crippen LogP contribution in [0.4, 0.5) is 10.1 Å². The highest BCUT2D eigenvalue weighted by atomic mass is 19.1. The maximum Gasteiger partial charge on any atom is 0.146 e. The normalized spacial score (nSPS) is 22.2. The number of benzene rings is 1. The van der Waals surface area contributed by atoms with Crippen molar-refractivity contribution in [2.45, 2.75) is 19.5 Å². The minimum absolute atomic E-state index is 0.207. The Labute approximate surface area is 95.0 Å². The van der Waals surface area contributed by atoms with E-state index in [0.717, 1.165) is 31.9 Å². The summed E-state index contributed by atoms with van der Waals surface area (Å²) in [5.41, 5.74) is 6.61. The van der Waals surface area contributed by atoms with E-state index in [9.17, 15) is 4.39 Å². The summed E-state index contributed by atoms with van der Waals surface area (Å²) in [5, 5.41) is 0. The summed E-state index contributed by atoms with van der Waals surface area (Å²) in [7, 11) is 0. The SMILES string of the molecule is CC1COCCN1Cc1ccc(N)c(F)c1. The molecule has 1 aliphatic heterocycles. The predicted octanol–water partition coefficient (Wildman–Crippen LogP) is 1.63. The average molecular weight is 224 g/mol. The van der Waals surface area contributed by atoms with Crippen molar-refractivity contribution in [3.63, 3.8) is 0 Å². The van der Waals surface area contributed by atoms with Crippen molar-refractivity contribution in [1.29, 1.82) is 0 Å². The number of hydrogen-bond donors (Lipinski definition) is 1. The highest BCUT2D eigenvalue weighted by Gasteiger charge is 2.18. The lowest BCUT2D eigenvalue weighted by molar-refractivity contribution is -0.00439. The summed E-state index contributed by atoms with van der Waals surface area (Å²) in [6.45, 7) is 5.26. The van der Waals surface area contributed by atoms with Gasteiger partial charge in [0.25, 0.3) is 0 Å². The molecular formula is C12H17FN2O. The van der Waals surface area contributed by atoms with Gasteiger partial charge >= 0.3 is 0 Å². The van der Waals surface area contributed by atoms with Crippen molar-refractivity contribution in [1.82, 2.24) is 4.90 Å². The molecular weight excluding hydrogens is 207 g/mol. The minimum atomic E-state index is -0.335. The number of nitrogen functional groups attached to an aromatic ring is 1. The van der Waals surface area contributed by atoms with Crippen LogP contribution in [0.5, 0.6) is 0 Å². The van der Waals surface area contributed by atoms with Gasteiger partial charge < -0.3 is 10.5 Å². The van der Waals surface area contributed by atoms with Crippen molar-refractivity contribution in [2.75, 3.05) is 25.5 Å². The first-order valence-electron chi connectivity index (χ1n) is 5.52. The van der Waals surface area contributed by atoms with E-state index in [2.05, 4.69) is 11.8 Å². The van der Waals surface area contributed by atoms with Crippen LogP contribution < -0.4 is 5.73 Å². The smallest absolute Gasteiger partial charge is 0.146 e. The second-order valence-electron chi connectivity index (χ2n) is 4.25. The van der Waals surface area contributed by atoms with Crippen LogP contribution in [-0.4, -0.2) is 30.7 Å². The van der Waals surface area contributed by atoms with Gasteiger partial charge in [0.05, 0.1) is 18.9 Å². The van der Waals surface area contributed by atoms with Gasteiger partial charge in [-0.25, -0.2) is 4.39 Å². The molecule has 1 saturated heterocycles. The molecule has 1 aromatic rings. The third-order valence-corrected chi connectivity index (χ3v) is 2.96. The summed E-state index contributed by atoms with van der Waals surface area (Å²) < 4.78 is 18.6. The zero-order chi connectivity index (χ0) is 11.5. The molecule has 0 spiro atoms. The Morgan fingerprint density at radius 2 is 2.38 bits per heavy atom. The first-order valence-corrected chi connectivity index (χ1v) is 5.52. The van der Waals surface area contributed by atoms with Gasteiger partial charge in [0.2, 0.25) is 0 Å². The quantitative estimate of drug-likeness (QED) is 0.776. The molecule has 88 valence electrons. The number of nitrogens with zero attached hydrogens (tertiary/aromatic N) is 1. The molecule has 2 N–H and O–H groups in total. The van der Waals surface area contributed by atoms with Crippen molar-refractivity contribution in [3.8, 4) is 0 Å². The van der Waals surface area contributed by atoms with E-state index >= 15 is 0 Å². The number of nitrogens with two attached hydrogens (primary N) is 1. The maximum absolute atomic E-state index is 13.3. The number of anilines is 1. The third-order valence-electron chi connectivity index (χ3n) is 2.96. The van der Waals surface area contributed by atoms with E-state index in [0.29, 0.717) is 6.04 Å². The molecule has 1 fully saturated rings. The van der Waals surface area contributed by atoms with Crippen LogP contribution in [0.15, 0.2) is 18.2 Å². The van der Waals surface area contributed by atoms with Gasteiger partial charge in [-0.15, -0.1) is 0 Å². The Morgan fingerprint density at radius 1 is 1.56 bits per heavy atom. The molecule has 1 heterocycles. The van der Waals surface area contributed by atoms with Crippen LogP contribution in [0.25, 0.3) is 0 Å². The van der Waals surface area contributed by atoms with E-state index in [1.54, 1.807) is 6.07 Å². The number of rotatable bonds is 2. The third kappa shape index (κ3) is 2.51. The van der Waals surface area contributed by atoms with Crippen molar-refractivity contribution >= 4 is 5.69 Å². The second-order valence-corrected chi connectivity index (χ2v) is 4.25. The lowest BCUT2D eigenvalue weighted by atomic mass is 10.1. The number of morpholine rings is 1. The fourth-order valence-corrected chi connectivity index (χ4v) is 1.90. The molecule has 1 atom stereocenters. The van der Waals surface area contributed by atoms with Crippen LogP contribution in [0.1, 0.15) is 12.5 Å². The molecule has 0 aliphatic carbocycles. The minimum Gasteiger partial charge on any atom is -0.396 e. The standard InChI is InChI=1S/C12H17FN2O/c1-9-8-16-5-4-15(9)7-10-2-3-12(14)11(13)6-10/h2-3,6,9H,4-5,7-8,14H2,1H3. The Bertz CT molecular complexity index is 370. The lowest BCUT2D eigenvalue weighted by Crippen LogP contribution is -2.42. The van der Waals surface area contributed by atoms with Gasteiger partial charge in [-0.05, 0) is 24.6 Å². The predicted molar refractivity (Wildman–Crippen MR) is 61.5 cm³/mol. The van der Waals surface area contributed by atoms with Gasteiger partial charge in [-0.3, -0.25) is 4.90 Å². The molecule has 0 radical (unpaired) electrons. The first-order chi connectivity index (χ1) is 7.66. The zero-order valence-electron chi connectivity index (χ0n) is 9.45. The Hall–Kier alpha value is -1.13. The lowest BCUT2D eigenvalue weighted by Gasteiger charge is -2.33. The van der Waals surface area contributed by atoms with Crippen LogP contribution in [0.3, 0.4) is 0 Å². The van der Waals surface area contributed by atoms with Gasteiger partial charge in [0.1, 0.15) is 5.82 Å². The van der Waals surface area contributed by atoms with Crippen molar-refractivity contribution < 1.29 is 9.13 Å². The molecule has 1 aliphatic rings.